The highest BCUT2D eigenvalue weighted by atomic mass is 35.5. The molecule has 2 rings (SSSR count). The van der Waals surface area contributed by atoms with Gasteiger partial charge in [0.2, 0.25) is 0 Å². The first kappa shape index (κ1) is 15.0. The minimum absolute atomic E-state index is 0.0796. The molecule has 4 heteroatoms. The summed E-state index contributed by atoms with van der Waals surface area (Å²) >= 11 is 12.2. The van der Waals surface area contributed by atoms with E-state index in [1.807, 2.05) is 48.5 Å². The zero-order valence-electron chi connectivity index (χ0n) is 11.1. The van der Waals surface area contributed by atoms with Crippen molar-refractivity contribution in [1.82, 2.24) is 5.32 Å². The first-order valence-corrected chi connectivity index (χ1v) is 7.06. The van der Waals surface area contributed by atoms with Crippen molar-refractivity contribution in [2.45, 2.75) is 13.0 Å². The molecular formula is C16H15Cl2NO. The Kier molecular flexibility index (Phi) is 5.18. The molecule has 0 radical (unpaired) electrons. The number of carbonyl (C=O) groups is 1. The molecule has 0 heterocycles. The summed E-state index contributed by atoms with van der Waals surface area (Å²) in [6.07, 6.45) is 0. The van der Waals surface area contributed by atoms with Crippen molar-refractivity contribution in [3.8, 4) is 0 Å². The molecule has 0 bridgehead atoms. The van der Waals surface area contributed by atoms with Gasteiger partial charge in [-0.05, 0) is 36.2 Å². The van der Waals surface area contributed by atoms with Crippen LogP contribution in [0, 0.1) is 0 Å². The third-order valence-corrected chi connectivity index (χ3v) is 3.57. The Labute approximate surface area is 128 Å². The Bertz CT molecular complexity index is 596. The average molecular weight is 308 g/mol. The van der Waals surface area contributed by atoms with Gasteiger partial charge in [0.15, 0.2) is 0 Å². The van der Waals surface area contributed by atoms with Crippen LogP contribution in [0.15, 0.2) is 48.5 Å². The molecule has 1 atom stereocenters. The van der Waals surface area contributed by atoms with Crippen molar-refractivity contribution in [3.63, 3.8) is 0 Å². The lowest BCUT2D eigenvalue weighted by atomic mass is 9.98. The van der Waals surface area contributed by atoms with Gasteiger partial charge in [-0.3, -0.25) is 10.1 Å². The third-order valence-electron chi connectivity index (χ3n) is 2.97. The van der Waals surface area contributed by atoms with E-state index in [4.69, 9.17) is 23.2 Å². The second-order valence-electron chi connectivity index (χ2n) is 4.59. The molecule has 0 fully saturated rings. The molecule has 1 unspecified atom stereocenters. The van der Waals surface area contributed by atoms with E-state index >= 15 is 0 Å². The summed E-state index contributed by atoms with van der Waals surface area (Å²) in [6, 6.07) is 15.0. The monoisotopic (exact) mass is 307 g/mol. The smallest absolute Gasteiger partial charge is 0.143 e. The largest absolute Gasteiger partial charge is 0.299 e. The molecule has 20 heavy (non-hydrogen) atoms. The van der Waals surface area contributed by atoms with Crippen molar-refractivity contribution in [2.24, 2.45) is 0 Å². The number of Topliss-reactive ketones (excluding diaryl/α,β-unsaturated/α-hetero) is 1. The van der Waals surface area contributed by atoms with Crippen LogP contribution in [0.1, 0.15) is 24.1 Å². The van der Waals surface area contributed by atoms with Crippen LogP contribution >= 0.6 is 23.2 Å². The highest BCUT2D eigenvalue weighted by Crippen LogP contribution is 2.28. The predicted molar refractivity (Wildman–Crippen MR) is 83.4 cm³/mol. The lowest BCUT2D eigenvalue weighted by Gasteiger charge is -2.20. The van der Waals surface area contributed by atoms with E-state index in [0.29, 0.717) is 16.6 Å². The summed E-state index contributed by atoms with van der Waals surface area (Å²) < 4.78 is 0. The first-order valence-electron chi connectivity index (χ1n) is 6.30. The molecular weight excluding hydrogens is 293 g/mol. The number of benzene rings is 2. The molecule has 0 saturated heterocycles. The molecule has 0 aliphatic heterocycles. The number of carbonyl (C=O) groups excluding carboxylic acids is 1. The van der Waals surface area contributed by atoms with E-state index in [-0.39, 0.29) is 11.8 Å². The zero-order chi connectivity index (χ0) is 14.5. The summed E-state index contributed by atoms with van der Waals surface area (Å²) in [5, 5.41) is 4.58. The number of ketones is 1. The van der Waals surface area contributed by atoms with Crippen LogP contribution in [0.5, 0.6) is 0 Å². The summed E-state index contributed by atoms with van der Waals surface area (Å²) in [5.74, 6) is 0.0796. The molecule has 0 aromatic heterocycles. The normalized spacial score (nSPS) is 12.2. The van der Waals surface area contributed by atoms with E-state index < -0.39 is 0 Å². The Hall–Kier alpha value is -1.35. The van der Waals surface area contributed by atoms with Gasteiger partial charge >= 0.3 is 0 Å². The SMILES string of the molecule is CC(=O)CNC(c1ccc(Cl)cc1)c1ccccc1Cl. The molecule has 2 aromatic carbocycles. The van der Waals surface area contributed by atoms with Gasteiger partial charge in [-0.15, -0.1) is 0 Å². The van der Waals surface area contributed by atoms with Crippen molar-refractivity contribution in [1.29, 1.82) is 0 Å². The number of halogens is 2. The van der Waals surface area contributed by atoms with E-state index in [1.54, 1.807) is 6.92 Å². The van der Waals surface area contributed by atoms with Gasteiger partial charge in [-0.25, -0.2) is 0 Å². The predicted octanol–water partition coefficient (Wildman–Crippen LogP) is 4.26. The minimum Gasteiger partial charge on any atom is -0.299 e. The molecule has 1 N–H and O–H groups in total. The lowest BCUT2D eigenvalue weighted by Crippen LogP contribution is -2.27. The fraction of sp³-hybridized carbons (Fsp3) is 0.188. The third kappa shape index (κ3) is 3.83. The Morgan fingerprint density at radius 1 is 1.10 bits per heavy atom. The quantitative estimate of drug-likeness (QED) is 0.894. The standard InChI is InChI=1S/C16H15Cl2NO/c1-11(20)10-19-16(12-6-8-13(17)9-7-12)14-4-2-3-5-15(14)18/h2-9,16,19H,10H2,1H3. The van der Waals surface area contributed by atoms with Crippen LogP contribution in [0.3, 0.4) is 0 Å². The summed E-state index contributed by atoms with van der Waals surface area (Å²) in [6.45, 7) is 1.84. The van der Waals surface area contributed by atoms with Gasteiger partial charge in [0.25, 0.3) is 0 Å². The summed E-state index contributed by atoms with van der Waals surface area (Å²) in [7, 11) is 0. The van der Waals surface area contributed by atoms with E-state index in [1.165, 1.54) is 0 Å². The number of hydrogen-bond acceptors (Lipinski definition) is 2. The van der Waals surface area contributed by atoms with Crippen LogP contribution in [0.2, 0.25) is 10.0 Å². The molecule has 0 aliphatic rings. The van der Waals surface area contributed by atoms with E-state index in [2.05, 4.69) is 5.32 Å². The maximum atomic E-state index is 11.2. The van der Waals surface area contributed by atoms with Crippen LogP contribution in [0.4, 0.5) is 0 Å². The number of nitrogens with one attached hydrogen (secondary N) is 1. The minimum atomic E-state index is -0.134. The van der Waals surface area contributed by atoms with E-state index in [9.17, 15) is 4.79 Å². The van der Waals surface area contributed by atoms with Gasteiger partial charge in [0, 0.05) is 10.0 Å². The maximum Gasteiger partial charge on any atom is 0.143 e. The van der Waals surface area contributed by atoms with Gasteiger partial charge in [0.05, 0.1) is 12.6 Å². The topological polar surface area (TPSA) is 29.1 Å². The van der Waals surface area contributed by atoms with Crippen LogP contribution in [0.25, 0.3) is 0 Å². The molecule has 0 amide bonds. The number of rotatable bonds is 5. The van der Waals surface area contributed by atoms with Crippen molar-refractivity contribution in [3.05, 3.63) is 69.7 Å². The second kappa shape index (κ2) is 6.89. The lowest BCUT2D eigenvalue weighted by molar-refractivity contribution is -0.116. The second-order valence-corrected chi connectivity index (χ2v) is 5.43. The maximum absolute atomic E-state index is 11.2. The van der Waals surface area contributed by atoms with Gasteiger partial charge in [0.1, 0.15) is 5.78 Å². The van der Waals surface area contributed by atoms with Gasteiger partial charge in [-0.1, -0.05) is 53.5 Å². The molecule has 0 saturated carbocycles. The van der Waals surface area contributed by atoms with Crippen LogP contribution in [-0.4, -0.2) is 12.3 Å². The fourth-order valence-electron chi connectivity index (χ4n) is 2.02. The average Bonchev–Trinajstić information content (AvgIpc) is 2.42. The summed E-state index contributed by atoms with van der Waals surface area (Å²) in [5.41, 5.74) is 1.96. The first-order chi connectivity index (χ1) is 9.58. The molecule has 0 spiro atoms. The van der Waals surface area contributed by atoms with E-state index in [0.717, 1.165) is 11.1 Å². The Balaban J connectivity index is 2.36. The van der Waals surface area contributed by atoms with Gasteiger partial charge < -0.3 is 0 Å². The summed E-state index contributed by atoms with van der Waals surface area (Å²) in [4.78, 5) is 11.2. The van der Waals surface area contributed by atoms with Crippen molar-refractivity contribution >= 4 is 29.0 Å². The molecule has 104 valence electrons. The zero-order valence-corrected chi connectivity index (χ0v) is 12.6. The van der Waals surface area contributed by atoms with Crippen molar-refractivity contribution in [2.75, 3.05) is 6.54 Å². The molecule has 0 aliphatic carbocycles. The number of hydrogen-bond donors (Lipinski definition) is 1. The molecule has 2 nitrogen and oxygen atoms in total. The Morgan fingerprint density at radius 3 is 2.35 bits per heavy atom. The van der Waals surface area contributed by atoms with Crippen molar-refractivity contribution < 1.29 is 4.79 Å². The van der Waals surface area contributed by atoms with Crippen LogP contribution in [-0.2, 0) is 4.79 Å². The highest BCUT2D eigenvalue weighted by molar-refractivity contribution is 6.31. The molecule has 2 aromatic rings. The Morgan fingerprint density at radius 2 is 1.75 bits per heavy atom. The fourth-order valence-corrected chi connectivity index (χ4v) is 2.39. The van der Waals surface area contributed by atoms with Gasteiger partial charge in [-0.2, -0.15) is 0 Å². The van der Waals surface area contributed by atoms with Crippen LogP contribution < -0.4 is 5.32 Å². The highest BCUT2D eigenvalue weighted by Gasteiger charge is 2.16.